The van der Waals surface area contributed by atoms with Crippen LogP contribution in [0.3, 0.4) is 0 Å². The van der Waals surface area contributed by atoms with Crippen molar-refractivity contribution in [3.8, 4) is 5.69 Å². The first kappa shape index (κ1) is 24.2. The van der Waals surface area contributed by atoms with E-state index in [1.54, 1.807) is 23.9 Å². The number of hydrogen-bond acceptors (Lipinski definition) is 3. The fourth-order valence-electron chi connectivity index (χ4n) is 4.73. The number of aromatic nitrogens is 2. The first-order valence-corrected chi connectivity index (χ1v) is 11.5. The maximum Gasteiger partial charge on any atom is 0.418 e. The molecule has 0 saturated carbocycles. The molecule has 0 radical (unpaired) electrons. The zero-order valence-electron chi connectivity index (χ0n) is 19.3. The van der Waals surface area contributed by atoms with Gasteiger partial charge in [-0.25, -0.2) is 0 Å². The summed E-state index contributed by atoms with van der Waals surface area (Å²) in [6.07, 6.45) is -1.97. The van der Waals surface area contributed by atoms with Crippen molar-refractivity contribution in [3.05, 3.63) is 82.9 Å². The summed E-state index contributed by atoms with van der Waals surface area (Å²) in [6.45, 7) is 4.92. The molecule has 3 aromatic rings. The number of hydrogen-bond donors (Lipinski definition) is 1. The number of alkyl halides is 3. The van der Waals surface area contributed by atoms with E-state index < -0.39 is 11.7 Å². The molecular weight excluding hydrogens is 461 g/mol. The van der Waals surface area contributed by atoms with Gasteiger partial charge in [0.25, 0.3) is 0 Å². The summed E-state index contributed by atoms with van der Waals surface area (Å²) < 4.78 is 48.3. The Labute approximate surface area is 202 Å². The van der Waals surface area contributed by atoms with Gasteiger partial charge in [-0.05, 0) is 68.4 Å². The average molecular weight is 489 g/mol. The van der Waals surface area contributed by atoms with Gasteiger partial charge in [0.15, 0.2) is 5.11 Å². The molecule has 1 aliphatic rings. The van der Waals surface area contributed by atoms with E-state index in [4.69, 9.17) is 17.0 Å². The van der Waals surface area contributed by atoms with E-state index in [0.29, 0.717) is 18.3 Å². The van der Waals surface area contributed by atoms with Crippen molar-refractivity contribution in [2.24, 2.45) is 0 Å². The minimum absolute atomic E-state index is 0.116. The molecule has 2 aromatic heterocycles. The van der Waals surface area contributed by atoms with Crippen molar-refractivity contribution < 1.29 is 17.9 Å². The Hall–Kier alpha value is -2.91. The second-order valence-corrected chi connectivity index (χ2v) is 8.73. The number of halogens is 3. The summed E-state index contributed by atoms with van der Waals surface area (Å²) in [5.41, 5.74) is 2.65. The molecular formula is C25H27F3N4OS. The third kappa shape index (κ3) is 4.54. The van der Waals surface area contributed by atoms with E-state index in [9.17, 15) is 13.2 Å². The highest BCUT2D eigenvalue weighted by atomic mass is 32.1. The van der Waals surface area contributed by atoms with E-state index in [2.05, 4.69) is 15.2 Å². The lowest BCUT2D eigenvalue weighted by molar-refractivity contribution is -0.137. The number of ether oxygens (including phenoxy) is 1. The van der Waals surface area contributed by atoms with Crippen LogP contribution in [0.1, 0.15) is 46.7 Å². The summed E-state index contributed by atoms with van der Waals surface area (Å²) in [7, 11) is 1.65. The van der Waals surface area contributed by atoms with Gasteiger partial charge in [-0.1, -0.05) is 18.2 Å². The fourth-order valence-corrected chi connectivity index (χ4v) is 5.06. The van der Waals surface area contributed by atoms with Gasteiger partial charge >= 0.3 is 6.18 Å². The molecule has 9 heteroatoms. The van der Waals surface area contributed by atoms with Crippen LogP contribution in [0.4, 0.5) is 13.2 Å². The van der Waals surface area contributed by atoms with E-state index in [0.717, 1.165) is 35.1 Å². The van der Waals surface area contributed by atoms with E-state index in [-0.39, 0.29) is 17.8 Å². The van der Waals surface area contributed by atoms with E-state index in [1.165, 1.54) is 12.1 Å². The summed E-state index contributed by atoms with van der Waals surface area (Å²) >= 11 is 5.68. The van der Waals surface area contributed by atoms with Crippen molar-refractivity contribution >= 4 is 17.3 Å². The summed E-state index contributed by atoms with van der Waals surface area (Å²) in [6, 6.07) is 12.9. The molecule has 3 heterocycles. The lowest BCUT2D eigenvalue weighted by Gasteiger charge is -2.28. The molecule has 2 atom stereocenters. The molecule has 1 fully saturated rings. The van der Waals surface area contributed by atoms with Gasteiger partial charge in [-0.15, -0.1) is 0 Å². The van der Waals surface area contributed by atoms with Crippen molar-refractivity contribution in [1.29, 1.82) is 0 Å². The number of pyridine rings is 1. The number of nitrogens with zero attached hydrogens (tertiary/aromatic N) is 3. The fraction of sp³-hybridized carbons (Fsp3) is 0.360. The molecule has 34 heavy (non-hydrogen) atoms. The van der Waals surface area contributed by atoms with E-state index in [1.807, 2.05) is 38.1 Å². The molecule has 4 rings (SSSR count). The predicted octanol–water partition coefficient (Wildman–Crippen LogP) is 5.52. The monoisotopic (exact) mass is 488 g/mol. The molecule has 5 nitrogen and oxygen atoms in total. The minimum Gasteiger partial charge on any atom is -0.385 e. The van der Waals surface area contributed by atoms with Crippen LogP contribution in [-0.4, -0.2) is 39.8 Å². The van der Waals surface area contributed by atoms with Crippen molar-refractivity contribution in [3.63, 3.8) is 0 Å². The van der Waals surface area contributed by atoms with Gasteiger partial charge in [-0.3, -0.25) is 4.98 Å². The largest absolute Gasteiger partial charge is 0.418 e. The van der Waals surface area contributed by atoms with Crippen molar-refractivity contribution in [1.82, 2.24) is 19.8 Å². The predicted molar refractivity (Wildman–Crippen MR) is 129 cm³/mol. The van der Waals surface area contributed by atoms with Gasteiger partial charge in [0.1, 0.15) is 0 Å². The highest BCUT2D eigenvalue weighted by Gasteiger charge is 2.41. The van der Waals surface area contributed by atoms with Crippen LogP contribution in [-0.2, 0) is 10.9 Å². The van der Waals surface area contributed by atoms with Crippen LogP contribution < -0.4 is 5.32 Å². The molecule has 0 bridgehead atoms. The minimum atomic E-state index is -4.46. The first-order valence-electron chi connectivity index (χ1n) is 11.1. The number of methoxy groups -OCH3 is 1. The molecule has 1 saturated heterocycles. The van der Waals surface area contributed by atoms with Gasteiger partial charge in [0, 0.05) is 37.8 Å². The number of nitrogens with one attached hydrogen (secondary N) is 1. The van der Waals surface area contributed by atoms with Gasteiger partial charge < -0.3 is 19.5 Å². The summed E-state index contributed by atoms with van der Waals surface area (Å²) in [4.78, 5) is 6.63. The molecule has 180 valence electrons. The lowest BCUT2D eigenvalue weighted by Crippen LogP contribution is -2.31. The topological polar surface area (TPSA) is 42.3 Å². The van der Waals surface area contributed by atoms with Crippen LogP contribution in [0.25, 0.3) is 5.69 Å². The van der Waals surface area contributed by atoms with Gasteiger partial charge in [0.05, 0.1) is 29.0 Å². The van der Waals surface area contributed by atoms with Gasteiger partial charge in [-0.2, -0.15) is 13.2 Å². The molecule has 0 aliphatic carbocycles. The number of thiocarbonyl (C=S) groups is 1. The maximum absolute atomic E-state index is 13.8. The quantitative estimate of drug-likeness (QED) is 0.351. The van der Waals surface area contributed by atoms with Crippen LogP contribution in [0, 0.1) is 13.8 Å². The highest BCUT2D eigenvalue weighted by molar-refractivity contribution is 7.80. The second-order valence-electron chi connectivity index (χ2n) is 8.34. The number of aryl methyl sites for hydroxylation is 1. The number of para-hydroxylation sites is 1. The standard InChI is InChI=1S/C25H27F3N4OS/c1-16-15-18(17(2)32(16)21-11-5-4-9-19(21)25(26,27)28)23-22(20-10-6-7-12-29-20)30-24(34)31(23)13-8-14-33-3/h4-7,9-12,15,22-23H,8,13-14H2,1-3H3,(H,30,34)/t22-,23+/m0/s1. The van der Waals surface area contributed by atoms with Crippen LogP contribution in [0.2, 0.25) is 0 Å². The Morgan fingerprint density at radius 3 is 2.53 bits per heavy atom. The second kappa shape index (κ2) is 9.76. The third-order valence-electron chi connectivity index (χ3n) is 6.18. The summed E-state index contributed by atoms with van der Waals surface area (Å²) in [5, 5.41) is 3.99. The lowest BCUT2D eigenvalue weighted by atomic mass is 9.96. The number of rotatable bonds is 7. The number of benzene rings is 1. The molecule has 0 amide bonds. The normalized spacial score (nSPS) is 18.4. The Morgan fingerprint density at radius 2 is 1.85 bits per heavy atom. The average Bonchev–Trinajstić information content (AvgIpc) is 3.29. The molecule has 1 aromatic carbocycles. The SMILES string of the molecule is COCCCN1C(=S)N[C@@H](c2ccccn2)[C@H]1c1cc(C)n(-c2ccccc2C(F)(F)F)c1C. The molecule has 1 N–H and O–H groups in total. The Kier molecular flexibility index (Phi) is 6.95. The molecule has 0 unspecified atom stereocenters. The van der Waals surface area contributed by atoms with Gasteiger partial charge in [0.2, 0.25) is 0 Å². The summed E-state index contributed by atoms with van der Waals surface area (Å²) in [5.74, 6) is 0. The van der Waals surface area contributed by atoms with Crippen molar-refractivity contribution in [2.45, 2.75) is 38.5 Å². The van der Waals surface area contributed by atoms with Crippen molar-refractivity contribution in [2.75, 3.05) is 20.3 Å². The highest BCUT2D eigenvalue weighted by Crippen LogP contribution is 2.42. The first-order chi connectivity index (χ1) is 16.2. The third-order valence-corrected chi connectivity index (χ3v) is 6.54. The molecule has 1 aliphatic heterocycles. The Morgan fingerprint density at radius 1 is 1.12 bits per heavy atom. The van der Waals surface area contributed by atoms with Crippen LogP contribution in [0.5, 0.6) is 0 Å². The zero-order chi connectivity index (χ0) is 24.5. The van der Waals surface area contributed by atoms with Crippen LogP contribution >= 0.6 is 12.2 Å². The maximum atomic E-state index is 13.8. The van der Waals surface area contributed by atoms with E-state index >= 15 is 0 Å². The van der Waals surface area contributed by atoms with Crippen LogP contribution in [0.15, 0.2) is 54.7 Å². The zero-order valence-corrected chi connectivity index (χ0v) is 20.1. The smallest absolute Gasteiger partial charge is 0.385 e. The molecule has 0 spiro atoms. The Bertz CT molecular complexity index is 1160. The Balaban J connectivity index is 1.83.